The SMILES string of the molecule is C=CCN(CC=C)[Si](C)(N(CC=C)CC=C)N(CC=C)CC=C. The standard InChI is InChI=1S/C19H33N3Si/c1-8-14-20(15-9-2)23(7,21(16-10-3)17-11-4)22(18-12-5)19-13-6/h8-13H,1-6,14-19H2,7H3. The van der Waals surface area contributed by atoms with Gasteiger partial charge in [-0.05, 0) is 6.55 Å². The van der Waals surface area contributed by atoms with Crippen LogP contribution in [-0.4, -0.2) is 61.5 Å². The highest BCUT2D eigenvalue weighted by atomic mass is 28.4. The predicted octanol–water partition coefficient (Wildman–Crippen LogP) is 3.58. The summed E-state index contributed by atoms with van der Waals surface area (Å²) in [6.45, 7) is 30.8. The average Bonchev–Trinajstić information content (AvgIpc) is 2.53. The first-order chi connectivity index (χ1) is 11.1. The van der Waals surface area contributed by atoms with Gasteiger partial charge in [0, 0.05) is 39.3 Å². The van der Waals surface area contributed by atoms with Gasteiger partial charge < -0.3 is 0 Å². The lowest BCUT2D eigenvalue weighted by Crippen LogP contribution is -2.73. The molecule has 0 spiro atoms. The van der Waals surface area contributed by atoms with Crippen LogP contribution in [0.1, 0.15) is 0 Å². The van der Waals surface area contributed by atoms with Crippen LogP contribution < -0.4 is 0 Å². The summed E-state index contributed by atoms with van der Waals surface area (Å²) < 4.78 is 7.40. The van der Waals surface area contributed by atoms with E-state index in [1.165, 1.54) is 0 Å². The van der Waals surface area contributed by atoms with Gasteiger partial charge in [-0.3, -0.25) is 13.7 Å². The van der Waals surface area contributed by atoms with Crippen LogP contribution >= 0.6 is 0 Å². The maximum atomic E-state index is 3.93. The van der Waals surface area contributed by atoms with Crippen molar-refractivity contribution in [3.63, 3.8) is 0 Å². The first kappa shape index (κ1) is 21.5. The molecule has 0 fully saturated rings. The Bertz CT molecular complexity index is 327. The van der Waals surface area contributed by atoms with Gasteiger partial charge >= 0.3 is 0 Å². The Kier molecular flexibility index (Phi) is 11.3. The molecule has 0 aliphatic carbocycles. The molecule has 0 bridgehead atoms. The van der Waals surface area contributed by atoms with Crippen molar-refractivity contribution >= 4 is 8.56 Å². The Morgan fingerprint density at radius 1 is 0.522 bits per heavy atom. The largest absolute Gasteiger partial charge is 0.293 e. The quantitative estimate of drug-likeness (QED) is 0.335. The van der Waals surface area contributed by atoms with Gasteiger partial charge in [-0.1, -0.05) is 36.5 Å². The highest BCUT2D eigenvalue weighted by Gasteiger charge is 2.44. The maximum absolute atomic E-state index is 3.93. The van der Waals surface area contributed by atoms with E-state index in [0.29, 0.717) is 0 Å². The summed E-state index contributed by atoms with van der Waals surface area (Å²) in [5.74, 6) is 0. The first-order valence-corrected chi connectivity index (χ1v) is 10.3. The molecule has 0 aromatic carbocycles. The fraction of sp³-hybridized carbons (Fsp3) is 0.368. The van der Waals surface area contributed by atoms with Crippen LogP contribution in [0.2, 0.25) is 6.55 Å². The van der Waals surface area contributed by atoms with Crippen molar-refractivity contribution in [2.24, 2.45) is 0 Å². The summed E-state index contributed by atoms with van der Waals surface area (Å²) in [4.78, 5) is 0. The van der Waals surface area contributed by atoms with Gasteiger partial charge in [0.15, 0.2) is 0 Å². The second-order valence-electron chi connectivity index (χ2n) is 5.42. The van der Waals surface area contributed by atoms with E-state index in [1.54, 1.807) is 0 Å². The highest BCUT2D eigenvalue weighted by molar-refractivity contribution is 6.70. The molecule has 0 unspecified atom stereocenters. The van der Waals surface area contributed by atoms with Crippen molar-refractivity contribution in [3.8, 4) is 0 Å². The summed E-state index contributed by atoms with van der Waals surface area (Å²) in [7, 11) is -2.19. The Hall–Kier alpha value is -1.46. The lowest BCUT2D eigenvalue weighted by Gasteiger charge is -2.51. The van der Waals surface area contributed by atoms with Crippen LogP contribution in [0.4, 0.5) is 0 Å². The summed E-state index contributed by atoms with van der Waals surface area (Å²) in [5.41, 5.74) is 0. The summed E-state index contributed by atoms with van der Waals surface area (Å²) in [6, 6.07) is 0. The third-order valence-corrected chi connectivity index (χ3v) is 8.58. The topological polar surface area (TPSA) is 9.72 Å². The van der Waals surface area contributed by atoms with E-state index in [1.807, 2.05) is 36.5 Å². The van der Waals surface area contributed by atoms with Crippen molar-refractivity contribution in [3.05, 3.63) is 75.9 Å². The molecule has 0 heterocycles. The zero-order valence-corrected chi connectivity index (χ0v) is 15.8. The van der Waals surface area contributed by atoms with Gasteiger partial charge in [0.1, 0.15) is 0 Å². The van der Waals surface area contributed by atoms with Crippen molar-refractivity contribution in [1.82, 2.24) is 13.7 Å². The van der Waals surface area contributed by atoms with E-state index < -0.39 is 8.56 Å². The number of hydrogen-bond acceptors (Lipinski definition) is 3. The van der Waals surface area contributed by atoms with Crippen molar-refractivity contribution < 1.29 is 0 Å². The minimum absolute atomic E-state index is 0.810. The molecule has 0 aromatic heterocycles. The molecule has 0 radical (unpaired) electrons. The number of rotatable bonds is 15. The molecule has 4 heteroatoms. The van der Waals surface area contributed by atoms with Gasteiger partial charge in [-0.2, -0.15) is 0 Å². The molecule has 23 heavy (non-hydrogen) atoms. The van der Waals surface area contributed by atoms with E-state index in [9.17, 15) is 0 Å². The van der Waals surface area contributed by atoms with Gasteiger partial charge in [-0.15, -0.1) is 39.5 Å². The highest BCUT2D eigenvalue weighted by Crippen LogP contribution is 2.21. The Morgan fingerprint density at radius 3 is 0.826 bits per heavy atom. The third kappa shape index (κ3) is 5.92. The van der Waals surface area contributed by atoms with Crippen molar-refractivity contribution in [2.45, 2.75) is 6.55 Å². The lowest BCUT2D eigenvalue weighted by atomic mass is 10.5. The summed E-state index contributed by atoms with van der Waals surface area (Å²) in [5, 5.41) is 0. The molecular weight excluding hydrogens is 298 g/mol. The normalized spacial score (nSPS) is 11.5. The van der Waals surface area contributed by atoms with Gasteiger partial charge in [-0.25, -0.2) is 0 Å². The summed E-state index contributed by atoms with van der Waals surface area (Å²) in [6.07, 6.45) is 11.7. The maximum Gasteiger partial charge on any atom is 0.287 e. The van der Waals surface area contributed by atoms with Gasteiger partial charge in [0.05, 0.1) is 0 Å². The molecule has 0 aromatic rings. The number of hydrogen-bond donors (Lipinski definition) is 0. The molecule has 0 aliphatic rings. The van der Waals surface area contributed by atoms with E-state index in [-0.39, 0.29) is 0 Å². The van der Waals surface area contributed by atoms with Crippen molar-refractivity contribution in [1.29, 1.82) is 0 Å². The van der Waals surface area contributed by atoms with E-state index in [2.05, 4.69) is 59.7 Å². The Morgan fingerprint density at radius 2 is 0.696 bits per heavy atom. The van der Waals surface area contributed by atoms with Crippen LogP contribution in [0.15, 0.2) is 75.9 Å². The van der Waals surface area contributed by atoms with E-state index >= 15 is 0 Å². The molecule has 0 N–H and O–H groups in total. The number of nitrogens with zero attached hydrogens (tertiary/aromatic N) is 3. The summed E-state index contributed by atoms with van der Waals surface area (Å²) >= 11 is 0. The first-order valence-electron chi connectivity index (χ1n) is 7.97. The van der Waals surface area contributed by atoms with Crippen LogP contribution in [-0.2, 0) is 0 Å². The van der Waals surface area contributed by atoms with Crippen LogP contribution in [0, 0.1) is 0 Å². The van der Waals surface area contributed by atoms with E-state index in [4.69, 9.17) is 0 Å². The van der Waals surface area contributed by atoms with Gasteiger partial charge in [0.2, 0.25) is 0 Å². The lowest BCUT2D eigenvalue weighted by molar-refractivity contribution is 0.303. The fourth-order valence-corrected chi connectivity index (χ4v) is 6.85. The van der Waals surface area contributed by atoms with Crippen LogP contribution in [0.3, 0.4) is 0 Å². The Labute approximate surface area is 144 Å². The van der Waals surface area contributed by atoms with E-state index in [0.717, 1.165) is 39.3 Å². The average molecular weight is 332 g/mol. The minimum atomic E-state index is -2.19. The molecule has 0 aliphatic heterocycles. The molecule has 3 nitrogen and oxygen atoms in total. The fourth-order valence-electron chi connectivity index (χ4n) is 2.80. The molecular formula is C19H33N3Si. The molecule has 128 valence electrons. The van der Waals surface area contributed by atoms with Crippen LogP contribution in [0.5, 0.6) is 0 Å². The molecule has 0 amide bonds. The second-order valence-corrected chi connectivity index (χ2v) is 9.26. The van der Waals surface area contributed by atoms with Crippen molar-refractivity contribution in [2.75, 3.05) is 39.3 Å². The molecule has 0 saturated heterocycles. The smallest absolute Gasteiger partial charge is 0.287 e. The Balaban J connectivity index is 6.01. The zero-order valence-electron chi connectivity index (χ0n) is 14.8. The zero-order chi connectivity index (χ0) is 17.7. The van der Waals surface area contributed by atoms with Crippen LogP contribution in [0.25, 0.3) is 0 Å². The van der Waals surface area contributed by atoms with Gasteiger partial charge in [0.25, 0.3) is 8.56 Å². The second kappa shape index (κ2) is 12.0. The molecule has 0 saturated carbocycles. The third-order valence-electron chi connectivity index (χ3n) is 3.89. The molecule has 0 atom stereocenters. The minimum Gasteiger partial charge on any atom is -0.293 e. The monoisotopic (exact) mass is 331 g/mol. The predicted molar refractivity (Wildman–Crippen MR) is 108 cm³/mol. The molecule has 0 rings (SSSR count).